The second-order valence-corrected chi connectivity index (χ2v) is 4.44. The van der Waals surface area contributed by atoms with Crippen LogP contribution in [-0.4, -0.2) is 16.0 Å². The largest absolute Gasteiger partial charge is 0.360 e. The number of amides is 1. The SMILES string of the molecule is O=C(Nc1cccnc1Cl)c1noc2c1CCC2. The third-order valence-corrected chi connectivity index (χ3v) is 3.22. The Morgan fingerprint density at radius 2 is 2.33 bits per heavy atom. The molecule has 3 rings (SSSR count). The molecular formula is C12H10ClN3O2. The van der Waals surface area contributed by atoms with E-state index in [1.165, 1.54) is 0 Å². The third-order valence-electron chi connectivity index (χ3n) is 2.92. The van der Waals surface area contributed by atoms with Crippen LogP contribution in [0.1, 0.15) is 28.2 Å². The molecule has 1 aliphatic rings. The molecule has 0 aromatic carbocycles. The number of nitrogens with zero attached hydrogens (tertiary/aromatic N) is 2. The molecule has 0 aliphatic heterocycles. The molecule has 2 aromatic rings. The topological polar surface area (TPSA) is 68.0 Å². The average molecular weight is 264 g/mol. The Bertz CT molecular complexity index is 609. The maximum absolute atomic E-state index is 12.1. The lowest BCUT2D eigenvalue weighted by atomic mass is 10.2. The number of pyridine rings is 1. The lowest BCUT2D eigenvalue weighted by Crippen LogP contribution is -2.14. The molecule has 0 atom stereocenters. The molecule has 2 aromatic heterocycles. The van der Waals surface area contributed by atoms with Gasteiger partial charge in [-0.2, -0.15) is 0 Å². The van der Waals surface area contributed by atoms with E-state index >= 15 is 0 Å². The molecule has 1 N–H and O–H groups in total. The quantitative estimate of drug-likeness (QED) is 0.845. The number of nitrogens with one attached hydrogen (secondary N) is 1. The van der Waals surface area contributed by atoms with Gasteiger partial charge in [-0.1, -0.05) is 16.8 Å². The highest BCUT2D eigenvalue weighted by Crippen LogP contribution is 2.26. The molecular weight excluding hydrogens is 254 g/mol. The number of fused-ring (bicyclic) bond motifs is 1. The summed E-state index contributed by atoms with van der Waals surface area (Å²) in [6, 6.07) is 3.39. The Labute approximate surface area is 108 Å². The number of hydrogen-bond donors (Lipinski definition) is 1. The van der Waals surface area contributed by atoms with Gasteiger partial charge in [0.25, 0.3) is 5.91 Å². The van der Waals surface area contributed by atoms with Crippen molar-refractivity contribution in [2.24, 2.45) is 0 Å². The molecule has 6 heteroatoms. The van der Waals surface area contributed by atoms with Crippen LogP contribution < -0.4 is 5.32 Å². The van der Waals surface area contributed by atoms with E-state index in [9.17, 15) is 4.79 Å². The fraction of sp³-hybridized carbons (Fsp3) is 0.250. The van der Waals surface area contributed by atoms with Crippen molar-refractivity contribution < 1.29 is 9.32 Å². The van der Waals surface area contributed by atoms with Gasteiger partial charge in [0.1, 0.15) is 5.76 Å². The molecule has 92 valence electrons. The average Bonchev–Trinajstić information content (AvgIpc) is 2.93. The van der Waals surface area contributed by atoms with Crippen molar-refractivity contribution in [2.75, 3.05) is 5.32 Å². The molecule has 0 radical (unpaired) electrons. The van der Waals surface area contributed by atoms with Gasteiger partial charge in [-0.05, 0) is 25.0 Å². The molecule has 18 heavy (non-hydrogen) atoms. The van der Waals surface area contributed by atoms with E-state index in [4.69, 9.17) is 16.1 Å². The summed E-state index contributed by atoms with van der Waals surface area (Å²) in [6.07, 6.45) is 4.25. The molecule has 0 saturated heterocycles. The Morgan fingerprint density at radius 3 is 3.17 bits per heavy atom. The van der Waals surface area contributed by atoms with E-state index in [-0.39, 0.29) is 11.1 Å². The first-order valence-corrected chi connectivity index (χ1v) is 6.03. The van der Waals surface area contributed by atoms with Crippen molar-refractivity contribution in [3.05, 3.63) is 40.5 Å². The lowest BCUT2D eigenvalue weighted by Gasteiger charge is -2.04. The summed E-state index contributed by atoms with van der Waals surface area (Å²) in [5.41, 5.74) is 1.73. The number of aromatic nitrogens is 2. The number of rotatable bonds is 2. The first-order valence-electron chi connectivity index (χ1n) is 5.65. The summed E-state index contributed by atoms with van der Waals surface area (Å²) in [5.74, 6) is 0.509. The summed E-state index contributed by atoms with van der Waals surface area (Å²) < 4.78 is 5.14. The van der Waals surface area contributed by atoms with Crippen molar-refractivity contribution in [3.63, 3.8) is 0 Å². The van der Waals surface area contributed by atoms with Crippen LogP contribution >= 0.6 is 11.6 Å². The molecule has 1 amide bonds. The zero-order chi connectivity index (χ0) is 12.5. The van der Waals surface area contributed by atoms with Gasteiger partial charge in [-0.15, -0.1) is 0 Å². The summed E-state index contributed by atoms with van der Waals surface area (Å²) >= 11 is 5.88. The minimum absolute atomic E-state index is 0.256. The highest BCUT2D eigenvalue weighted by atomic mass is 35.5. The summed E-state index contributed by atoms with van der Waals surface area (Å²) in [7, 11) is 0. The Morgan fingerprint density at radius 1 is 1.44 bits per heavy atom. The van der Waals surface area contributed by atoms with Gasteiger partial charge in [0.2, 0.25) is 0 Å². The monoisotopic (exact) mass is 263 g/mol. The summed E-state index contributed by atoms with van der Waals surface area (Å²) in [4.78, 5) is 16.0. The van der Waals surface area contributed by atoms with Crippen LogP contribution in [0.15, 0.2) is 22.9 Å². The number of halogens is 1. The van der Waals surface area contributed by atoms with Crippen LogP contribution in [0.25, 0.3) is 0 Å². The van der Waals surface area contributed by atoms with Gasteiger partial charge in [0.05, 0.1) is 5.69 Å². The fourth-order valence-corrected chi connectivity index (χ4v) is 2.23. The van der Waals surface area contributed by atoms with E-state index in [1.54, 1.807) is 18.3 Å². The van der Waals surface area contributed by atoms with Gasteiger partial charge in [0, 0.05) is 18.2 Å². The zero-order valence-corrected chi connectivity index (χ0v) is 10.2. The van der Waals surface area contributed by atoms with Gasteiger partial charge >= 0.3 is 0 Å². The maximum atomic E-state index is 12.1. The van der Waals surface area contributed by atoms with Crippen molar-refractivity contribution in [1.29, 1.82) is 0 Å². The van der Waals surface area contributed by atoms with E-state index in [2.05, 4.69) is 15.5 Å². The molecule has 0 spiro atoms. The molecule has 1 aliphatic carbocycles. The maximum Gasteiger partial charge on any atom is 0.278 e. The van der Waals surface area contributed by atoms with Crippen molar-refractivity contribution in [1.82, 2.24) is 10.1 Å². The number of hydrogen-bond acceptors (Lipinski definition) is 4. The zero-order valence-electron chi connectivity index (χ0n) is 9.44. The summed E-state index contributed by atoms with van der Waals surface area (Å²) in [5, 5.41) is 6.76. The van der Waals surface area contributed by atoms with E-state index in [1.807, 2.05) is 0 Å². The number of carbonyl (C=O) groups is 1. The van der Waals surface area contributed by atoms with Gasteiger partial charge in [-0.3, -0.25) is 4.79 Å². The minimum atomic E-state index is -0.309. The number of carbonyl (C=O) groups excluding carboxylic acids is 1. The Balaban J connectivity index is 1.85. The molecule has 0 fully saturated rings. The van der Waals surface area contributed by atoms with E-state index in [0.717, 1.165) is 30.6 Å². The van der Waals surface area contributed by atoms with Crippen LogP contribution in [0.5, 0.6) is 0 Å². The van der Waals surface area contributed by atoms with E-state index < -0.39 is 0 Å². The third kappa shape index (κ3) is 1.86. The lowest BCUT2D eigenvalue weighted by molar-refractivity contribution is 0.101. The first kappa shape index (κ1) is 11.2. The molecule has 0 bridgehead atoms. The Kier molecular flexibility index (Phi) is 2.76. The van der Waals surface area contributed by atoms with Gasteiger partial charge in [0.15, 0.2) is 10.8 Å². The van der Waals surface area contributed by atoms with Gasteiger partial charge < -0.3 is 9.84 Å². The van der Waals surface area contributed by atoms with E-state index in [0.29, 0.717) is 11.4 Å². The van der Waals surface area contributed by atoms with Crippen LogP contribution in [0.2, 0.25) is 5.15 Å². The normalized spacial score (nSPS) is 13.4. The highest BCUT2D eigenvalue weighted by molar-refractivity contribution is 6.32. The molecule has 5 nitrogen and oxygen atoms in total. The van der Waals surface area contributed by atoms with Crippen molar-refractivity contribution in [2.45, 2.75) is 19.3 Å². The predicted octanol–water partition coefficient (Wildman–Crippen LogP) is 2.46. The second kappa shape index (κ2) is 4.42. The smallest absolute Gasteiger partial charge is 0.278 e. The Hall–Kier alpha value is -1.88. The number of anilines is 1. The van der Waals surface area contributed by atoms with Crippen LogP contribution in [-0.2, 0) is 12.8 Å². The van der Waals surface area contributed by atoms with Crippen LogP contribution in [0.3, 0.4) is 0 Å². The second-order valence-electron chi connectivity index (χ2n) is 4.08. The first-order chi connectivity index (χ1) is 8.75. The highest BCUT2D eigenvalue weighted by Gasteiger charge is 2.25. The molecule has 2 heterocycles. The standard InChI is InChI=1S/C12H10ClN3O2/c13-11-8(4-2-6-14-11)15-12(17)10-7-3-1-5-9(7)18-16-10/h2,4,6H,1,3,5H2,(H,15,17). The molecule has 0 unspecified atom stereocenters. The van der Waals surface area contributed by atoms with Crippen LogP contribution in [0.4, 0.5) is 5.69 Å². The van der Waals surface area contributed by atoms with Crippen molar-refractivity contribution >= 4 is 23.2 Å². The number of aryl methyl sites for hydroxylation is 1. The minimum Gasteiger partial charge on any atom is -0.360 e. The fourth-order valence-electron chi connectivity index (χ4n) is 2.06. The predicted molar refractivity (Wildman–Crippen MR) is 65.7 cm³/mol. The van der Waals surface area contributed by atoms with Crippen molar-refractivity contribution in [3.8, 4) is 0 Å². The van der Waals surface area contributed by atoms with Gasteiger partial charge in [-0.25, -0.2) is 4.98 Å². The molecule has 0 saturated carbocycles. The summed E-state index contributed by atoms with van der Waals surface area (Å²) in [6.45, 7) is 0. The van der Waals surface area contributed by atoms with Crippen LogP contribution in [0, 0.1) is 0 Å².